The summed E-state index contributed by atoms with van der Waals surface area (Å²) in [6.07, 6.45) is 2.39. The van der Waals surface area contributed by atoms with Crippen molar-refractivity contribution in [3.8, 4) is 11.3 Å². The fourth-order valence-electron chi connectivity index (χ4n) is 6.27. The van der Waals surface area contributed by atoms with E-state index in [1.165, 1.54) is 11.6 Å². The summed E-state index contributed by atoms with van der Waals surface area (Å²) in [5.74, 6) is -1.05. The maximum atomic E-state index is 15.4. The van der Waals surface area contributed by atoms with Crippen molar-refractivity contribution in [2.24, 2.45) is 5.92 Å². The van der Waals surface area contributed by atoms with Gasteiger partial charge in [0.1, 0.15) is 17.3 Å². The second-order valence-electron chi connectivity index (χ2n) is 11.2. The number of aromatic nitrogens is 3. The number of hydrogen-bond donors (Lipinski definition) is 1. The van der Waals surface area contributed by atoms with E-state index >= 15 is 4.39 Å². The van der Waals surface area contributed by atoms with Crippen molar-refractivity contribution in [3.05, 3.63) is 77.2 Å². The highest BCUT2D eigenvalue weighted by atomic mass is 19.1. The Balaban J connectivity index is 1.22. The Morgan fingerprint density at radius 2 is 1.83 bits per heavy atom. The maximum absolute atomic E-state index is 15.4. The molecule has 4 aromatic rings. The van der Waals surface area contributed by atoms with Crippen molar-refractivity contribution in [3.63, 3.8) is 0 Å². The number of carboxylic acids is 1. The first-order valence-corrected chi connectivity index (χ1v) is 14.2. The number of carboxylic acid groups (broad SMARTS) is 1. The van der Waals surface area contributed by atoms with Gasteiger partial charge in [-0.2, -0.15) is 9.61 Å². The average molecular weight is 555 g/mol. The van der Waals surface area contributed by atoms with E-state index in [0.717, 1.165) is 37.3 Å². The number of hydrogen-bond acceptors (Lipinski definition) is 6. The highest BCUT2D eigenvalue weighted by Crippen LogP contribution is 2.33. The molecule has 2 atom stereocenters. The van der Waals surface area contributed by atoms with E-state index < -0.39 is 17.7 Å². The van der Waals surface area contributed by atoms with Crippen molar-refractivity contribution in [1.29, 1.82) is 0 Å². The van der Waals surface area contributed by atoms with Crippen LogP contribution in [0, 0.1) is 11.7 Å². The molecule has 41 heavy (non-hydrogen) atoms. The van der Waals surface area contributed by atoms with Crippen LogP contribution in [0.2, 0.25) is 0 Å². The lowest BCUT2D eigenvalue weighted by molar-refractivity contribution is -0.140. The summed E-state index contributed by atoms with van der Waals surface area (Å²) in [7, 11) is 0. The number of rotatable bonds is 5. The minimum absolute atomic E-state index is 0.0626. The summed E-state index contributed by atoms with van der Waals surface area (Å²) in [5.41, 5.74) is 4.70. The first-order valence-electron chi connectivity index (χ1n) is 14.2. The summed E-state index contributed by atoms with van der Waals surface area (Å²) >= 11 is 0. The summed E-state index contributed by atoms with van der Waals surface area (Å²) in [4.78, 5) is 35.8. The molecule has 7 rings (SSSR count). The third-order valence-electron chi connectivity index (χ3n) is 8.79. The molecule has 0 unspecified atom stereocenters. The minimum atomic E-state index is -0.822. The molecule has 1 N–H and O–H groups in total. The molecular formula is C31H31FN6O3. The van der Waals surface area contributed by atoms with E-state index in [9.17, 15) is 14.7 Å². The van der Waals surface area contributed by atoms with Crippen molar-refractivity contribution in [2.75, 3.05) is 42.5 Å². The van der Waals surface area contributed by atoms with E-state index in [-0.39, 0.29) is 11.9 Å². The molecular weight excluding hydrogens is 523 g/mol. The Bertz CT molecular complexity index is 1680. The number of carbonyl (C=O) groups excluding carboxylic acids is 1. The van der Waals surface area contributed by atoms with Gasteiger partial charge in [0.25, 0.3) is 5.91 Å². The molecule has 0 spiro atoms. The minimum Gasteiger partial charge on any atom is -0.481 e. The Labute approximate surface area is 236 Å². The normalized spacial score (nSPS) is 20.3. The largest absolute Gasteiger partial charge is 0.481 e. The Hall–Kier alpha value is -4.47. The number of aliphatic carboxylic acids is 1. The molecule has 0 aliphatic carbocycles. The van der Waals surface area contributed by atoms with Gasteiger partial charge in [-0.25, -0.2) is 9.37 Å². The van der Waals surface area contributed by atoms with Crippen LogP contribution in [0.1, 0.15) is 47.4 Å². The van der Waals surface area contributed by atoms with E-state index in [2.05, 4.69) is 24.0 Å². The zero-order chi connectivity index (χ0) is 28.2. The van der Waals surface area contributed by atoms with Gasteiger partial charge in [0.05, 0.1) is 17.7 Å². The molecule has 0 bridgehead atoms. The Kier molecular flexibility index (Phi) is 6.13. The van der Waals surface area contributed by atoms with Gasteiger partial charge in [0.2, 0.25) is 0 Å². The number of nitrogens with zero attached hydrogens (tertiary/aromatic N) is 6. The third kappa shape index (κ3) is 4.38. The molecule has 2 fully saturated rings. The number of fused-ring (bicyclic) bond motifs is 2. The quantitative estimate of drug-likeness (QED) is 0.391. The van der Waals surface area contributed by atoms with Crippen LogP contribution in [0.25, 0.3) is 16.9 Å². The summed E-state index contributed by atoms with van der Waals surface area (Å²) < 4.78 is 17.1. The zero-order valence-electron chi connectivity index (χ0n) is 22.8. The average Bonchev–Trinajstić information content (AvgIpc) is 3.60. The molecule has 5 heterocycles. The van der Waals surface area contributed by atoms with Gasteiger partial charge in [-0.3, -0.25) is 9.59 Å². The fraction of sp³-hybridized carbons (Fsp3) is 0.355. The van der Waals surface area contributed by atoms with Crippen LogP contribution >= 0.6 is 0 Å². The molecule has 3 aliphatic rings. The van der Waals surface area contributed by atoms with Gasteiger partial charge in [-0.15, -0.1) is 0 Å². The molecule has 9 nitrogen and oxygen atoms in total. The first-order chi connectivity index (χ1) is 19.9. The van der Waals surface area contributed by atoms with E-state index in [1.54, 1.807) is 22.7 Å². The molecule has 10 heteroatoms. The fourth-order valence-corrected chi connectivity index (χ4v) is 6.27. The Morgan fingerprint density at radius 3 is 2.56 bits per heavy atom. The molecule has 2 saturated heterocycles. The monoisotopic (exact) mass is 554 g/mol. The van der Waals surface area contributed by atoms with Crippen LogP contribution in [0.3, 0.4) is 0 Å². The molecule has 210 valence electrons. The lowest BCUT2D eigenvalue weighted by Crippen LogP contribution is -2.40. The maximum Gasteiger partial charge on any atom is 0.308 e. The van der Waals surface area contributed by atoms with Crippen molar-refractivity contribution in [2.45, 2.75) is 32.2 Å². The topological polar surface area (TPSA) is 94.3 Å². The Morgan fingerprint density at radius 1 is 1.00 bits per heavy atom. The highest BCUT2D eigenvalue weighted by Gasteiger charge is 2.31. The molecule has 0 saturated carbocycles. The number of halogens is 1. The van der Waals surface area contributed by atoms with Crippen molar-refractivity contribution in [1.82, 2.24) is 19.5 Å². The second-order valence-corrected chi connectivity index (χ2v) is 11.2. The number of carbonyl (C=O) groups is 2. The van der Waals surface area contributed by atoms with Crippen LogP contribution in [0.15, 0.2) is 54.6 Å². The van der Waals surface area contributed by atoms with Crippen LogP contribution < -0.4 is 9.80 Å². The van der Waals surface area contributed by atoms with E-state index in [4.69, 9.17) is 10.1 Å². The van der Waals surface area contributed by atoms with Gasteiger partial charge in [0, 0.05) is 56.1 Å². The van der Waals surface area contributed by atoms with E-state index in [1.807, 2.05) is 28.0 Å². The van der Waals surface area contributed by atoms with E-state index in [0.29, 0.717) is 54.3 Å². The molecule has 0 radical (unpaired) electrons. The van der Waals surface area contributed by atoms with Crippen LogP contribution in [0.4, 0.5) is 15.9 Å². The number of amides is 1. The molecule has 2 aromatic heterocycles. The van der Waals surface area contributed by atoms with Crippen LogP contribution in [-0.4, -0.2) is 69.2 Å². The van der Waals surface area contributed by atoms with Crippen LogP contribution in [-0.2, 0) is 11.2 Å². The number of anilines is 2. The zero-order valence-corrected chi connectivity index (χ0v) is 22.8. The molecule has 3 aliphatic heterocycles. The number of benzene rings is 2. The first kappa shape index (κ1) is 25.5. The van der Waals surface area contributed by atoms with Crippen molar-refractivity contribution < 1.29 is 19.1 Å². The van der Waals surface area contributed by atoms with Gasteiger partial charge in [0.15, 0.2) is 5.65 Å². The summed E-state index contributed by atoms with van der Waals surface area (Å²) in [5, 5.41) is 14.0. The predicted molar refractivity (Wildman–Crippen MR) is 153 cm³/mol. The SMILES string of the molecule is C[C@@H]1c2ccccc2CCN1C(=O)c1cc(N2CCC2)n2nc(-c3ccc(N4CC[C@H](C(=O)O)C4)cc3F)cc2n1. The smallest absolute Gasteiger partial charge is 0.308 e. The van der Waals surface area contributed by atoms with Crippen molar-refractivity contribution >= 4 is 29.0 Å². The standard InChI is InChI=1S/C31H31FN6O3/c1-19-23-6-3-2-5-20(23)10-14-37(19)30(39)27-17-29(35-11-4-12-35)38-28(33-27)16-26(34-38)24-8-7-22(15-25(24)32)36-13-9-21(18-36)31(40)41/h2-3,5-8,15-17,19,21H,4,9-14,18H2,1H3,(H,40,41)/t19-,21+/m1/s1. The van der Waals surface area contributed by atoms with Gasteiger partial charge in [-0.05, 0) is 55.5 Å². The predicted octanol–water partition coefficient (Wildman–Crippen LogP) is 4.42. The van der Waals surface area contributed by atoms with Crippen LogP contribution in [0.5, 0.6) is 0 Å². The molecule has 2 aromatic carbocycles. The highest BCUT2D eigenvalue weighted by molar-refractivity contribution is 5.94. The third-order valence-corrected chi connectivity index (χ3v) is 8.79. The van der Waals surface area contributed by atoms with Gasteiger partial charge < -0.3 is 19.8 Å². The molecule has 1 amide bonds. The van der Waals surface area contributed by atoms with Gasteiger partial charge in [-0.1, -0.05) is 24.3 Å². The second kappa shape index (κ2) is 9.87. The lowest BCUT2D eigenvalue weighted by atomic mass is 9.93. The summed E-state index contributed by atoms with van der Waals surface area (Å²) in [6, 6.07) is 16.7. The van der Waals surface area contributed by atoms with Gasteiger partial charge >= 0.3 is 5.97 Å². The lowest BCUT2D eigenvalue weighted by Gasteiger charge is -2.36. The summed E-state index contributed by atoms with van der Waals surface area (Å²) in [6.45, 7) is 5.32.